The third kappa shape index (κ3) is 10.9. The lowest BCUT2D eigenvalue weighted by Gasteiger charge is -2.33. The van der Waals surface area contributed by atoms with Crippen LogP contribution in [0.1, 0.15) is 87.6 Å². The number of carboxylic acids is 1. The van der Waals surface area contributed by atoms with Crippen molar-refractivity contribution >= 4 is 24.2 Å². The molecule has 0 radical (unpaired) electrons. The molecule has 3 N–H and O–H groups in total. The first kappa shape index (κ1) is 35.7. The summed E-state index contributed by atoms with van der Waals surface area (Å²) in [5.74, 6) is -3.53. The number of carbonyl (C=O) groups excluding carboxylic acids is 3. The summed E-state index contributed by atoms with van der Waals surface area (Å²) in [4.78, 5) is 49.6. The van der Waals surface area contributed by atoms with Crippen LogP contribution >= 0.6 is 0 Å². The Labute approximate surface area is 243 Å². The Morgan fingerprint density at radius 3 is 1.61 bits per heavy atom. The zero-order valence-corrected chi connectivity index (χ0v) is 26.0. The van der Waals surface area contributed by atoms with Crippen molar-refractivity contribution in [2.75, 3.05) is 0 Å². The largest absolute Gasteiger partial charge is 0.514 e. The fraction of sp³-hybridized carbons (Fsp3) is 0.667. The van der Waals surface area contributed by atoms with Crippen LogP contribution in [0.15, 0.2) is 18.2 Å². The second kappa shape index (κ2) is 15.0. The second-order valence-corrected chi connectivity index (χ2v) is 12.2. The molecule has 0 bridgehead atoms. The number of esters is 1. The predicted molar refractivity (Wildman–Crippen MR) is 152 cm³/mol. The summed E-state index contributed by atoms with van der Waals surface area (Å²) >= 11 is 0. The predicted octanol–water partition coefficient (Wildman–Crippen LogP) is 5.92. The fourth-order valence-electron chi connectivity index (χ4n) is 3.44. The van der Waals surface area contributed by atoms with E-state index in [9.17, 15) is 24.3 Å². The van der Waals surface area contributed by atoms with Crippen LogP contribution < -0.4 is 15.2 Å². The number of rotatable bonds is 12. The van der Waals surface area contributed by atoms with E-state index < -0.39 is 65.9 Å². The summed E-state index contributed by atoms with van der Waals surface area (Å²) in [6.45, 7) is 19.4. The van der Waals surface area contributed by atoms with Crippen LogP contribution in [0.4, 0.5) is 9.59 Å². The standard InChI is InChI=1S/C30H47NO10/c1-15(2)18(6)38-28(35)40-22-13-12-21(14-23(22)41-29(36)39-19(7)16(3)4)24(25(31)26(32)33)17(5)20(8)37-27(34)30(9,10)11/h12-20,24-25H,31H2,1-11H3,(H,32,33)/t17?,18?,19?,20?,24?,25-/m0/s1. The summed E-state index contributed by atoms with van der Waals surface area (Å²) < 4.78 is 27.0. The first-order valence-electron chi connectivity index (χ1n) is 13.9. The molecule has 1 rings (SSSR count). The monoisotopic (exact) mass is 581 g/mol. The van der Waals surface area contributed by atoms with Crippen molar-refractivity contribution in [1.82, 2.24) is 0 Å². The summed E-state index contributed by atoms with van der Waals surface area (Å²) in [6, 6.07) is 2.81. The first-order chi connectivity index (χ1) is 18.8. The Kier molecular flexibility index (Phi) is 13.1. The van der Waals surface area contributed by atoms with Crippen LogP contribution in [0, 0.1) is 23.2 Å². The molecule has 0 heterocycles. The highest BCUT2D eigenvalue weighted by Gasteiger charge is 2.37. The van der Waals surface area contributed by atoms with E-state index in [1.165, 1.54) is 18.2 Å². The van der Waals surface area contributed by atoms with E-state index in [4.69, 9.17) is 29.4 Å². The number of aliphatic carboxylic acids is 1. The molecule has 0 spiro atoms. The lowest BCUT2D eigenvalue weighted by atomic mass is 9.79. The molecule has 11 heteroatoms. The van der Waals surface area contributed by atoms with E-state index in [1.807, 2.05) is 27.7 Å². The summed E-state index contributed by atoms with van der Waals surface area (Å²) in [5.41, 5.74) is 5.70. The van der Waals surface area contributed by atoms with E-state index in [0.29, 0.717) is 5.56 Å². The number of carbonyl (C=O) groups is 4. The van der Waals surface area contributed by atoms with Crippen molar-refractivity contribution in [3.63, 3.8) is 0 Å². The van der Waals surface area contributed by atoms with Gasteiger partial charge in [-0.2, -0.15) is 0 Å². The van der Waals surface area contributed by atoms with E-state index >= 15 is 0 Å². The van der Waals surface area contributed by atoms with Gasteiger partial charge in [-0.15, -0.1) is 0 Å². The van der Waals surface area contributed by atoms with Gasteiger partial charge in [0.15, 0.2) is 11.5 Å². The van der Waals surface area contributed by atoms with Gasteiger partial charge in [-0.05, 0) is 71.1 Å². The lowest BCUT2D eigenvalue weighted by molar-refractivity contribution is -0.160. The maximum Gasteiger partial charge on any atom is 0.514 e. The van der Waals surface area contributed by atoms with Crippen LogP contribution in [0.3, 0.4) is 0 Å². The Bertz CT molecular complexity index is 1060. The van der Waals surface area contributed by atoms with Gasteiger partial charge in [-0.3, -0.25) is 9.59 Å². The van der Waals surface area contributed by atoms with Crippen LogP contribution in [-0.2, 0) is 23.8 Å². The minimum atomic E-state index is -1.41. The molecule has 0 aliphatic heterocycles. The molecule has 0 aliphatic carbocycles. The molecular weight excluding hydrogens is 534 g/mol. The summed E-state index contributed by atoms with van der Waals surface area (Å²) in [7, 11) is 0. The second-order valence-electron chi connectivity index (χ2n) is 12.2. The zero-order valence-electron chi connectivity index (χ0n) is 26.0. The van der Waals surface area contributed by atoms with Crippen LogP contribution in [-0.4, -0.2) is 53.7 Å². The normalized spacial score (nSPS) is 16.1. The van der Waals surface area contributed by atoms with Crippen LogP contribution in [0.5, 0.6) is 11.5 Å². The molecule has 1 aromatic carbocycles. The molecule has 0 saturated heterocycles. The fourth-order valence-corrected chi connectivity index (χ4v) is 3.44. The number of hydrogen-bond donors (Lipinski definition) is 2. The van der Waals surface area contributed by atoms with E-state index in [0.717, 1.165) is 0 Å². The molecular formula is C30H47NO10. The maximum absolute atomic E-state index is 12.6. The average molecular weight is 582 g/mol. The highest BCUT2D eigenvalue weighted by Crippen LogP contribution is 2.38. The summed E-state index contributed by atoms with van der Waals surface area (Å²) in [5, 5.41) is 9.80. The number of nitrogens with two attached hydrogens (primary N) is 1. The molecule has 6 atom stereocenters. The Balaban J connectivity index is 3.52. The van der Waals surface area contributed by atoms with Gasteiger partial charge in [0.25, 0.3) is 0 Å². The van der Waals surface area contributed by atoms with Crippen molar-refractivity contribution in [2.45, 2.75) is 106 Å². The minimum Gasteiger partial charge on any atom is -0.480 e. The third-order valence-corrected chi connectivity index (χ3v) is 7.07. The van der Waals surface area contributed by atoms with Gasteiger partial charge >= 0.3 is 24.2 Å². The van der Waals surface area contributed by atoms with Crippen LogP contribution in [0.25, 0.3) is 0 Å². The molecule has 11 nitrogen and oxygen atoms in total. The van der Waals surface area contributed by atoms with Gasteiger partial charge in [-0.1, -0.05) is 40.7 Å². The van der Waals surface area contributed by atoms with E-state index in [-0.39, 0.29) is 23.3 Å². The van der Waals surface area contributed by atoms with Gasteiger partial charge in [0.05, 0.1) is 5.41 Å². The first-order valence-corrected chi connectivity index (χ1v) is 13.9. The van der Waals surface area contributed by atoms with Gasteiger partial charge in [0.2, 0.25) is 0 Å². The third-order valence-electron chi connectivity index (χ3n) is 7.07. The van der Waals surface area contributed by atoms with Crippen LogP contribution in [0.2, 0.25) is 0 Å². The van der Waals surface area contributed by atoms with Gasteiger partial charge in [0.1, 0.15) is 24.4 Å². The topological polar surface area (TPSA) is 161 Å². The smallest absolute Gasteiger partial charge is 0.480 e. The maximum atomic E-state index is 12.6. The van der Waals surface area contributed by atoms with E-state index in [2.05, 4.69) is 0 Å². The van der Waals surface area contributed by atoms with Gasteiger partial charge < -0.3 is 34.5 Å². The molecule has 0 amide bonds. The SMILES string of the molecule is CC(C)C(C)OC(=O)Oc1ccc(C(C(C)C(C)OC(=O)C(C)(C)C)[C@H](N)C(=O)O)cc1OC(=O)OC(C)C(C)C. The molecule has 0 saturated carbocycles. The van der Waals surface area contributed by atoms with Gasteiger partial charge in [0, 0.05) is 11.8 Å². The molecule has 0 aliphatic rings. The number of carboxylic acid groups (broad SMARTS) is 1. The highest BCUT2D eigenvalue weighted by atomic mass is 16.7. The number of benzene rings is 1. The minimum absolute atomic E-state index is 0.00759. The Hall–Kier alpha value is -3.34. The Morgan fingerprint density at radius 1 is 0.732 bits per heavy atom. The van der Waals surface area contributed by atoms with Crippen molar-refractivity contribution in [1.29, 1.82) is 0 Å². The summed E-state index contributed by atoms with van der Waals surface area (Å²) in [6.07, 6.45) is -3.70. The van der Waals surface area contributed by atoms with E-state index in [1.54, 1.807) is 48.5 Å². The molecule has 1 aromatic rings. The molecule has 232 valence electrons. The van der Waals surface area contributed by atoms with Crippen molar-refractivity contribution in [2.24, 2.45) is 28.9 Å². The zero-order chi connectivity index (χ0) is 31.8. The molecule has 0 fully saturated rings. The number of ether oxygens (including phenoxy) is 5. The van der Waals surface area contributed by atoms with Crippen molar-refractivity contribution in [3.8, 4) is 11.5 Å². The van der Waals surface area contributed by atoms with Crippen molar-refractivity contribution < 1.29 is 48.0 Å². The highest BCUT2D eigenvalue weighted by molar-refractivity contribution is 5.76. The molecule has 5 unspecified atom stereocenters. The Morgan fingerprint density at radius 2 is 1.20 bits per heavy atom. The quantitative estimate of drug-likeness (QED) is 0.171. The average Bonchev–Trinajstić information content (AvgIpc) is 2.84. The molecule has 0 aromatic heterocycles. The van der Waals surface area contributed by atoms with Gasteiger partial charge in [-0.25, -0.2) is 9.59 Å². The molecule has 41 heavy (non-hydrogen) atoms. The van der Waals surface area contributed by atoms with Crippen molar-refractivity contribution in [3.05, 3.63) is 23.8 Å². The number of hydrogen-bond acceptors (Lipinski definition) is 10. The lowest BCUT2D eigenvalue weighted by Crippen LogP contribution is -2.43.